The van der Waals surface area contributed by atoms with Gasteiger partial charge in [-0.25, -0.2) is 0 Å². The number of phenolic OH excluding ortho intramolecular Hbond substituents is 1. The van der Waals surface area contributed by atoms with Crippen LogP contribution in [0.1, 0.15) is 77.6 Å². The molecular formula is C25H38OS. The van der Waals surface area contributed by atoms with Gasteiger partial charge in [-0.05, 0) is 51.0 Å². The summed E-state index contributed by atoms with van der Waals surface area (Å²) < 4.78 is 0. The molecule has 0 aliphatic carbocycles. The second-order valence-electron chi connectivity index (χ2n) is 8.98. The Labute approximate surface area is 171 Å². The molecule has 2 rings (SSSR count). The van der Waals surface area contributed by atoms with Crippen LogP contribution in [0.2, 0.25) is 0 Å². The third-order valence-electron chi connectivity index (χ3n) is 4.45. The van der Waals surface area contributed by atoms with Crippen LogP contribution < -0.4 is 0 Å². The minimum absolute atomic E-state index is 0.0726. The Morgan fingerprint density at radius 3 is 1.52 bits per heavy atom. The number of phenols is 1. The van der Waals surface area contributed by atoms with Crippen molar-refractivity contribution in [2.75, 3.05) is 11.5 Å². The van der Waals surface area contributed by atoms with Gasteiger partial charge in [0.2, 0.25) is 0 Å². The lowest BCUT2D eigenvalue weighted by Crippen LogP contribution is -2.18. The van der Waals surface area contributed by atoms with E-state index in [-0.39, 0.29) is 10.8 Å². The molecule has 2 aromatic rings. The molecule has 0 heterocycles. The molecule has 0 radical (unpaired) electrons. The van der Waals surface area contributed by atoms with Gasteiger partial charge in [0.25, 0.3) is 0 Å². The maximum Gasteiger partial charge on any atom is 0.123 e. The first-order chi connectivity index (χ1) is 12.5. The van der Waals surface area contributed by atoms with Gasteiger partial charge in [-0.3, -0.25) is 0 Å². The van der Waals surface area contributed by atoms with E-state index in [0.29, 0.717) is 5.75 Å². The molecule has 0 spiro atoms. The first-order valence-corrected chi connectivity index (χ1v) is 11.1. The summed E-state index contributed by atoms with van der Waals surface area (Å²) in [6.07, 6.45) is 0.896. The first-order valence-electron chi connectivity index (χ1n) is 9.99. The molecule has 0 saturated heterocycles. The summed E-state index contributed by atoms with van der Waals surface area (Å²) in [4.78, 5) is 0. The monoisotopic (exact) mass is 386 g/mol. The van der Waals surface area contributed by atoms with Crippen molar-refractivity contribution >= 4 is 11.8 Å². The lowest BCUT2D eigenvalue weighted by molar-refractivity contribution is 0.423. The van der Waals surface area contributed by atoms with E-state index in [1.54, 1.807) is 0 Å². The molecule has 0 unspecified atom stereocenters. The molecule has 27 heavy (non-hydrogen) atoms. The standard InChI is InChI=1S/C21H28O.C4H10S/c1-20(2,3)17-13-16(12-15-10-8-7-9-11-15)14-18(19(17)22)21(4,5)6;1-3-5-4-2/h7-11,13-14,22H,12H2,1-6H3;3-4H2,1-2H3. The van der Waals surface area contributed by atoms with Gasteiger partial charge < -0.3 is 5.11 Å². The lowest BCUT2D eigenvalue weighted by atomic mass is 9.78. The van der Waals surface area contributed by atoms with Crippen LogP contribution in [-0.2, 0) is 17.3 Å². The molecule has 0 aliphatic rings. The average Bonchev–Trinajstić information content (AvgIpc) is 2.56. The molecule has 0 atom stereocenters. The molecular weight excluding hydrogens is 348 g/mol. The van der Waals surface area contributed by atoms with Crippen molar-refractivity contribution in [3.8, 4) is 5.75 Å². The highest BCUT2D eigenvalue weighted by molar-refractivity contribution is 7.99. The summed E-state index contributed by atoms with van der Waals surface area (Å²) >= 11 is 1.96. The Hall–Kier alpha value is -1.41. The Morgan fingerprint density at radius 2 is 1.19 bits per heavy atom. The zero-order chi connectivity index (χ0) is 20.7. The molecule has 0 saturated carbocycles. The predicted molar refractivity (Wildman–Crippen MR) is 123 cm³/mol. The van der Waals surface area contributed by atoms with Crippen LogP contribution in [0, 0.1) is 0 Å². The summed E-state index contributed by atoms with van der Waals surface area (Å²) in [5.74, 6) is 2.98. The largest absolute Gasteiger partial charge is 0.507 e. The van der Waals surface area contributed by atoms with Crippen LogP contribution in [0.3, 0.4) is 0 Å². The molecule has 0 bridgehead atoms. The van der Waals surface area contributed by atoms with Crippen molar-refractivity contribution < 1.29 is 5.11 Å². The highest BCUT2D eigenvalue weighted by Crippen LogP contribution is 2.40. The van der Waals surface area contributed by atoms with Crippen molar-refractivity contribution in [2.24, 2.45) is 0 Å². The predicted octanol–water partition coefficient (Wildman–Crippen LogP) is 7.34. The maximum absolute atomic E-state index is 10.8. The van der Waals surface area contributed by atoms with Gasteiger partial charge in [0.05, 0.1) is 0 Å². The normalized spacial score (nSPS) is 11.7. The van der Waals surface area contributed by atoms with Crippen molar-refractivity contribution in [3.63, 3.8) is 0 Å². The second kappa shape index (κ2) is 10.2. The molecule has 2 heteroatoms. The van der Waals surface area contributed by atoms with E-state index in [1.165, 1.54) is 22.6 Å². The summed E-state index contributed by atoms with van der Waals surface area (Å²) in [5.41, 5.74) is 4.48. The van der Waals surface area contributed by atoms with E-state index in [9.17, 15) is 5.11 Å². The zero-order valence-electron chi connectivity index (χ0n) is 18.5. The topological polar surface area (TPSA) is 20.2 Å². The van der Waals surface area contributed by atoms with Gasteiger partial charge in [0.15, 0.2) is 0 Å². The van der Waals surface area contributed by atoms with Crippen LogP contribution in [0.5, 0.6) is 5.75 Å². The maximum atomic E-state index is 10.8. The zero-order valence-corrected chi connectivity index (χ0v) is 19.3. The highest BCUT2D eigenvalue weighted by Gasteiger charge is 2.26. The fraction of sp³-hybridized carbons (Fsp3) is 0.520. The number of hydrogen-bond acceptors (Lipinski definition) is 2. The number of rotatable bonds is 4. The van der Waals surface area contributed by atoms with E-state index in [2.05, 4.69) is 91.8 Å². The highest BCUT2D eigenvalue weighted by atomic mass is 32.2. The average molecular weight is 387 g/mol. The van der Waals surface area contributed by atoms with E-state index >= 15 is 0 Å². The summed E-state index contributed by atoms with van der Waals surface area (Å²) in [5, 5.41) is 10.8. The van der Waals surface area contributed by atoms with E-state index in [0.717, 1.165) is 17.5 Å². The summed E-state index contributed by atoms with van der Waals surface area (Å²) in [6.45, 7) is 17.3. The third kappa shape index (κ3) is 7.62. The van der Waals surface area contributed by atoms with Gasteiger partial charge in [-0.1, -0.05) is 97.9 Å². The van der Waals surface area contributed by atoms with E-state index in [1.807, 2.05) is 17.8 Å². The summed E-state index contributed by atoms with van der Waals surface area (Å²) in [7, 11) is 0. The van der Waals surface area contributed by atoms with Crippen molar-refractivity contribution in [2.45, 2.75) is 72.6 Å². The number of hydrogen-bond donors (Lipinski definition) is 1. The fourth-order valence-electron chi connectivity index (χ4n) is 2.98. The SMILES string of the molecule is CC(C)(C)c1cc(Cc2ccccc2)cc(C(C)(C)C)c1O.CCSCC. The van der Waals surface area contributed by atoms with Gasteiger partial charge in [0, 0.05) is 0 Å². The number of benzene rings is 2. The molecule has 150 valence electrons. The van der Waals surface area contributed by atoms with Crippen LogP contribution in [-0.4, -0.2) is 16.6 Å². The number of thioether (sulfide) groups is 1. The van der Waals surface area contributed by atoms with Crippen molar-refractivity contribution in [1.82, 2.24) is 0 Å². The Morgan fingerprint density at radius 1 is 0.741 bits per heavy atom. The Bertz CT molecular complexity index is 653. The molecule has 0 aliphatic heterocycles. The Balaban J connectivity index is 0.000000646. The van der Waals surface area contributed by atoms with Gasteiger partial charge in [0.1, 0.15) is 5.75 Å². The van der Waals surface area contributed by atoms with Crippen molar-refractivity contribution in [3.05, 3.63) is 64.7 Å². The van der Waals surface area contributed by atoms with Gasteiger partial charge in [-0.2, -0.15) is 11.8 Å². The molecule has 0 amide bonds. The van der Waals surface area contributed by atoms with Crippen molar-refractivity contribution in [1.29, 1.82) is 0 Å². The number of aromatic hydroxyl groups is 1. The van der Waals surface area contributed by atoms with Crippen LogP contribution >= 0.6 is 11.8 Å². The first kappa shape index (κ1) is 23.6. The van der Waals surface area contributed by atoms with Gasteiger partial charge in [-0.15, -0.1) is 0 Å². The second-order valence-corrected chi connectivity index (χ2v) is 10.5. The minimum atomic E-state index is -0.0726. The lowest BCUT2D eigenvalue weighted by Gasteiger charge is -2.28. The molecule has 0 fully saturated rings. The van der Waals surface area contributed by atoms with Gasteiger partial charge >= 0.3 is 0 Å². The quantitative estimate of drug-likeness (QED) is 0.593. The molecule has 1 N–H and O–H groups in total. The van der Waals surface area contributed by atoms with E-state index < -0.39 is 0 Å². The smallest absolute Gasteiger partial charge is 0.123 e. The Kier molecular flexibility index (Phi) is 8.94. The van der Waals surface area contributed by atoms with E-state index in [4.69, 9.17) is 0 Å². The molecule has 1 nitrogen and oxygen atoms in total. The minimum Gasteiger partial charge on any atom is -0.507 e. The molecule has 0 aromatic heterocycles. The van der Waals surface area contributed by atoms with Crippen LogP contribution in [0.4, 0.5) is 0 Å². The third-order valence-corrected chi connectivity index (χ3v) is 5.26. The summed E-state index contributed by atoms with van der Waals surface area (Å²) in [6, 6.07) is 14.8. The fourth-order valence-corrected chi connectivity index (χ4v) is 3.38. The van der Waals surface area contributed by atoms with Crippen LogP contribution in [0.25, 0.3) is 0 Å². The molecule has 2 aromatic carbocycles. The van der Waals surface area contributed by atoms with Crippen LogP contribution in [0.15, 0.2) is 42.5 Å².